The summed E-state index contributed by atoms with van der Waals surface area (Å²) in [6.45, 7) is 6.88. The predicted octanol–water partition coefficient (Wildman–Crippen LogP) is 3.86. The molecule has 1 fully saturated rings. The van der Waals surface area contributed by atoms with E-state index in [0.29, 0.717) is 30.1 Å². The summed E-state index contributed by atoms with van der Waals surface area (Å²) in [4.78, 5) is 50.3. The maximum atomic E-state index is 13.4. The van der Waals surface area contributed by atoms with Crippen LogP contribution in [-0.4, -0.2) is 86.2 Å². The fraction of sp³-hybridized carbons (Fsp3) is 0.333. The van der Waals surface area contributed by atoms with Crippen molar-refractivity contribution in [3.63, 3.8) is 0 Å². The fourth-order valence-corrected chi connectivity index (χ4v) is 5.92. The standard InChI is InChI=1S/C33H35N5O4/c1-3-42-33(41)24-9-11-26-27(20-24)35-32(40)30(26)31(22-7-5-4-6-8-22)34-25-10-12-28-23(19-25)13-14-38(28)29(39)21-37-17-15-36(2)16-18-37/h4-12,19-20,30H,3,13-18,21H2,1-2H3,(H,35,40). The first-order valence-electron chi connectivity index (χ1n) is 14.5. The van der Waals surface area contributed by atoms with E-state index in [4.69, 9.17) is 9.73 Å². The highest BCUT2D eigenvalue weighted by molar-refractivity contribution is 6.24. The van der Waals surface area contributed by atoms with Gasteiger partial charge in [-0.1, -0.05) is 36.4 Å². The van der Waals surface area contributed by atoms with Gasteiger partial charge in [-0.25, -0.2) is 4.79 Å². The molecule has 0 bridgehead atoms. The van der Waals surface area contributed by atoms with Crippen molar-refractivity contribution in [2.75, 3.05) is 63.1 Å². The molecule has 3 aromatic carbocycles. The second-order valence-corrected chi connectivity index (χ2v) is 11.0. The average Bonchev–Trinajstić information content (AvgIpc) is 3.57. The zero-order chi connectivity index (χ0) is 29.2. The third kappa shape index (κ3) is 5.57. The van der Waals surface area contributed by atoms with E-state index in [2.05, 4.69) is 22.2 Å². The molecule has 0 spiro atoms. The predicted molar refractivity (Wildman–Crippen MR) is 163 cm³/mol. The lowest BCUT2D eigenvalue weighted by Gasteiger charge is -2.32. The summed E-state index contributed by atoms with van der Waals surface area (Å²) in [5.41, 5.74) is 5.93. The van der Waals surface area contributed by atoms with E-state index in [1.54, 1.807) is 25.1 Å². The Morgan fingerprint density at radius 3 is 2.50 bits per heavy atom. The zero-order valence-electron chi connectivity index (χ0n) is 24.0. The molecule has 3 aliphatic rings. The van der Waals surface area contributed by atoms with Crippen LogP contribution in [0.25, 0.3) is 0 Å². The Morgan fingerprint density at radius 1 is 0.952 bits per heavy atom. The van der Waals surface area contributed by atoms with Gasteiger partial charge in [-0.05, 0) is 67.4 Å². The minimum Gasteiger partial charge on any atom is -0.462 e. The first kappa shape index (κ1) is 27.8. The number of esters is 1. The van der Waals surface area contributed by atoms with Gasteiger partial charge in [-0.15, -0.1) is 0 Å². The van der Waals surface area contributed by atoms with E-state index in [0.717, 1.165) is 60.7 Å². The lowest BCUT2D eigenvalue weighted by Crippen LogP contribution is -2.48. The molecule has 3 aromatic rings. The van der Waals surface area contributed by atoms with Crippen molar-refractivity contribution in [1.29, 1.82) is 0 Å². The Hall–Kier alpha value is -4.34. The number of carbonyl (C=O) groups is 3. The number of carbonyl (C=O) groups excluding carboxylic acids is 3. The minimum absolute atomic E-state index is 0.126. The van der Waals surface area contributed by atoms with Crippen molar-refractivity contribution in [3.8, 4) is 0 Å². The van der Waals surface area contributed by atoms with Crippen LogP contribution in [0.15, 0.2) is 71.7 Å². The van der Waals surface area contributed by atoms with Gasteiger partial charge < -0.3 is 19.9 Å². The number of benzene rings is 3. The van der Waals surface area contributed by atoms with E-state index in [1.807, 2.05) is 53.4 Å². The van der Waals surface area contributed by atoms with Crippen molar-refractivity contribution >= 4 is 40.6 Å². The molecule has 1 unspecified atom stereocenters. The van der Waals surface area contributed by atoms with Crippen LogP contribution in [0.4, 0.5) is 17.1 Å². The van der Waals surface area contributed by atoms with Gasteiger partial charge in [0, 0.05) is 44.1 Å². The van der Waals surface area contributed by atoms with Gasteiger partial charge in [-0.2, -0.15) is 0 Å². The van der Waals surface area contributed by atoms with E-state index >= 15 is 0 Å². The average molecular weight is 566 g/mol. The summed E-state index contributed by atoms with van der Waals surface area (Å²) in [6.07, 6.45) is 0.761. The Bertz CT molecular complexity index is 1550. The fourth-order valence-electron chi connectivity index (χ4n) is 5.92. The number of piperazine rings is 1. The maximum Gasteiger partial charge on any atom is 0.338 e. The van der Waals surface area contributed by atoms with Crippen molar-refractivity contribution in [1.82, 2.24) is 9.80 Å². The molecule has 1 N–H and O–H groups in total. The Kier molecular flexibility index (Phi) is 7.86. The van der Waals surface area contributed by atoms with Crippen molar-refractivity contribution in [2.45, 2.75) is 19.3 Å². The highest BCUT2D eigenvalue weighted by Gasteiger charge is 2.36. The summed E-state index contributed by atoms with van der Waals surface area (Å²) >= 11 is 0. The lowest BCUT2D eigenvalue weighted by molar-refractivity contribution is -0.120. The van der Waals surface area contributed by atoms with Gasteiger partial charge >= 0.3 is 5.97 Å². The minimum atomic E-state index is -0.645. The number of fused-ring (bicyclic) bond motifs is 2. The molecule has 42 heavy (non-hydrogen) atoms. The molecule has 3 heterocycles. The molecule has 0 aliphatic carbocycles. The van der Waals surface area contributed by atoms with Crippen LogP contribution >= 0.6 is 0 Å². The summed E-state index contributed by atoms with van der Waals surface area (Å²) < 4.78 is 5.13. The van der Waals surface area contributed by atoms with Crippen LogP contribution in [0.3, 0.4) is 0 Å². The maximum absolute atomic E-state index is 13.4. The van der Waals surface area contributed by atoms with Gasteiger partial charge in [0.25, 0.3) is 0 Å². The molecular formula is C33H35N5O4. The third-order valence-electron chi connectivity index (χ3n) is 8.20. The number of nitrogens with one attached hydrogen (secondary N) is 1. The van der Waals surface area contributed by atoms with Crippen molar-refractivity contribution < 1.29 is 19.1 Å². The molecule has 1 atom stereocenters. The highest BCUT2D eigenvalue weighted by Crippen LogP contribution is 2.38. The number of likely N-dealkylation sites (N-methyl/N-ethyl adjacent to an activating group) is 1. The molecule has 2 amide bonds. The largest absolute Gasteiger partial charge is 0.462 e. The molecule has 0 aromatic heterocycles. The normalized spacial score (nSPS) is 18.9. The van der Waals surface area contributed by atoms with Gasteiger partial charge in [0.05, 0.1) is 30.1 Å². The number of anilines is 2. The first-order chi connectivity index (χ1) is 20.4. The molecule has 9 nitrogen and oxygen atoms in total. The van der Waals surface area contributed by atoms with Gasteiger partial charge in [0.1, 0.15) is 5.92 Å². The third-order valence-corrected chi connectivity index (χ3v) is 8.20. The number of amides is 2. The molecule has 6 rings (SSSR count). The number of hydrogen-bond donors (Lipinski definition) is 1. The van der Waals surface area contributed by atoms with Crippen LogP contribution in [0.1, 0.15) is 39.9 Å². The van der Waals surface area contributed by atoms with E-state index in [-0.39, 0.29) is 18.4 Å². The Morgan fingerprint density at radius 2 is 1.74 bits per heavy atom. The van der Waals surface area contributed by atoms with E-state index < -0.39 is 11.9 Å². The van der Waals surface area contributed by atoms with Crippen LogP contribution in [0.2, 0.25) is 0 Å². The van der Waals surface area contributed by atoms with Crippen LogP contribution in [-0.2, 0) is 20.7 Å². The van der Waals surface area contributed by atoms with Gasteiger partial charge in [0.2, 0.25) is 11.8 Å². The topological polar surface area (TPSA) is 94.5 Å². The monoisotopic (exact) mass is 565 g/mol. The molecule has 0 saturated carbocycles. The first-order valence-corrected chi connectivity index (χ1v) is 14.5. The smallest absolute Gasteiger partial charge is 0.338 e. The van der Waals surface area contributed by atoms with Crippen LogP contribution < -0.4 is 10.2 Å². The molecule has 0 radical (unpaired) electrons. The number of hydrogen-bond acceptors (Lipinski definition) is 7. The number of nitrogens with zero attached hydrogens (tertiary/aromatic N) is 4. The second kappa shape index (κ2) is 11.9. The molecule has 9 heteroatoms. The Balaban J connectivity index is 1.29. The number of rotatable bonds is 7. The van der Waals surface area contributed by atoms with Crippen molar-refractivity contribution in [2.24, 2.45) is 4.99 Å². The molecule has 216 valence electrons. The SMILES string of the molecule is CCOC(=O)c1ccc2c(c1)NC(=O)C2C(=Nc1ccc2c(c1)CCN2C(=O)CN1CCN(C)CC1)c1ccccc1. The number of aliphatic imine (C=N–C) groups is 1. The van der Waals surface area contributed by atoms with Gasteiger partial charge in [0.15, 0.2) is 0 Å². The number of ether oxygens (including phenoxy) is 1. The van der Waals surface area contributed by atoms with E-state index in [1.165, 1.54) is 0 Å². The summed E-state index contributed by atoms with van der Waals surface area (Å²) in [6, 6.07) is 20.7. The summed E-state index contributed by atoms with van der Waals surface area (Å²) in [7, 11) is 2.11. The lowest BCUT2D eigenvalue weighted by atomic mass is 9.90. The second-order valence-electron chi connectivity index (χ2n) is 11.0. The van der Waals surface area contributed by atoms with Crippen LogP contribution in [0, 0.1) is 0 Å². The molecular weight excluding hydrogens is 530 g/mol. The van der Waals surface area contributed by atoms with Crippen LogP contribution in [0.5, 0.6) is 0 Å². The summed E-state index contributed by atoms with van der Waals surface area (Å²) in [5.74, 6) is -1.14. The highest BCUT2D eigenvalue weighted by atomic mass is 16.5. The molecule has 1 saturated heterocycles. The van der Waals surface area contributed by atoms with E-state index in [9.17, 15) is 14.4 Å². The van der Waals surface area contributed by atoms with Crippen molar-refractivity contribution in [3.05, 3.63) is 89.0 Å². The quantitative estimate of drug-likeness (QED) is 0.346. The zero-order valence-corrected chi connectivity index (χ0v) is 24.0. The summed E-state index contributed by atoms with van der Waals surface area (Å²) in [5, 5.41) is 2.94. The molecule has 3 aliphatic heterocycles. The Labute approximate surface area is 245 Å². The van der Waals surface area contributed by atoms with Gasteiger partial charge in [-0.3, -0.25) is 19.5 Å².